The zero-order chi connectivity index (χ0) is 12.9. The lowest BCUT2D eigenvalue weighted by atomic mass is 10.2. The van der Waals surface area contributed by atoms with Gasteiger partial charge in [-0.05, 0) is 19.8 Å². The number of imidazole rings is 1. The van der Waals surface area contributed by atoms with Crippen molar-refractivity contribution in [3.8, 4) is 11.3 Å². The number of nitrogen functional groups attached to an aromatic ring is 1. The number of nitrogens with two attached hydrogens (primary N) is 1. The smallest absolute Gasteiger partial charge is 0.132 e. The van der Waals surface area contributed by atoms with Gasteiger partial charge in [-0.2, -0.15) is 5.10 Å². The van der Waals surface area contributed by atoms with E-state index in [1.807, 2.05) is 24.9 Å². The van der Waals surface area contributed by atoms with Crippen LogP contribution in [0.5, 0.6) is 0 Å². The molecular weight excluding hydrogens is 226 g/mol. The Morgan fingerprint density at radius 1 is 1.44 bits per heavy atom. The maximum atomic E-state index is 6.29. The second kappa shape index (κ2) is 3.86. The van der Waals surface area contributed by atoms with Crippen molar-refractivity contribution >= 4 is 5.82 Å². The second-order valence-electron chi connectivity index (χ2n) is 5.02. The fourth-order valence-corrected chi connectivity index (χ4v) is 2.51. The van der Waals surface area contributed by atoms with Gasteiger partial charge in [0.05, 0.1) is 5.69 Å². The molecule has 0 saturated heterocycles. The number of hydrogen-bond acceptors (Lipinski definition) is 3. The molecule has 18 heavy (non-hydrogen) atoms. The molecule has 3 rings (SSSR count). The molecule has 2 aromatic rings. The topological polar surface area (TPSA) is 61.7 Å². The van der Waals surface area contributed by atoms with Gasteiger partial charge in [-0.15, -0.1) is 0 Å². The average Bonchev–Trinajstić information content (AvgIpc) is 3.03. The molecule has 0 radical (unpaired) electrons. The zero-order valence-corrected chi connectivity index (χ0v) is 11.1. The van der Waals surface area contributed by atoms with Crippen molar-refractivity contribution in [1.82, 2.24) is 19.3 Å². The summed E-state index contributed by atoms with van der Waals surface area (Å²) in [5, 5.41) is 4.37. The Morgan fingerprint density at radius 2 is 2.17 bits per heavy atom. The van der Waals surface area contributed by atoms with Crippen LogP contribution in [0.25, 0.3) is 11.3 Å². The van der Waals surface area contributed by atoms with Crippen LogP contribution in [0.3, 0.4) is 0 Å². The molecule has 1 fully saturated rings. The first-order valence-electron chi connectivity index (χ1n) is 6.49. The average molecular weight is 245 g/mol. The highest BCUT2D eigenvalue weighted by molar-refractivity contribution is 5.72. The van der Waals surface area contributed by atoms with Crippen LogP contribution in [-0.2, 0) is 13.5 Å². The molecule has 2 aromatic heterocycles. The van der Waals surface area contributed by atoms with Crippen molar-refractivity contribution in [2.75, 3.05) is 5.73 Å². The van der Waals surface area contributed by atoms with Crippen molar-refractivity contribution in [2.45, 2.75) is 39.2 Å². The highest BCUT2D eigenvalue weighted by Crippen LogP contribution is 2.41. The molecule has 0 amide bonds. The SMILES string of the molecule is CCc1nc(-c2cn(C)nc2C)c(N)n1C1CC1. The van der Waals surface area contributed by atoms with Gasteiger partial charge >= 0.3 is 0 Å². The Bertz CT molecular complexity index is 589. The first-order valence-corrected chi connectivity index (χ1v) is 6.49. The van der Waals surface area contributed by atoms with Crippen molar-refractivity contribution in [1.29, 1.82) is 0 Å². The normalized spacial score (nSPS) is 15.3. The van der Waals surface area contributed by atoms with E-state index in [1.165, 1.54) is 12.8 Å². The molecule has 96 valence electrons. The Labute approximate surface area is 107 Å². The predicted octanol–water partition coefficient (Wildman–Crippen LogP) is 2.07. The van der Waals surface area contributed by atoms with E-state index < -0.39 is 0 Å². The quantitative estimate of drug-likeness (QED) is 0.900. The van der Waals surface area contributed by atoms with Crippen LogP contribution in [-0.4, -0.2) is 19.3 Å². The minimum absolute atomic E-state index is 0.568. The summed E-state index contributed by atoms with van der Waals surface area (Å²) in [6, 6.07) is 0.568. The van der Waals surface area contributed by atoms with Crippen LogP contribution >= 0.6 is 0 Å². The third-order valence-corrected chi connectivity index (χ3v) is 3.52. The lowest BCUT2D eigenvalue weighted by Crippen LogP contribution is -2.04. The predicted molar refractivity (Wildman–Crippen MR) is 71.2 cm³/mol. The van der Waals surface area contributed by atoms with Crippen LogP contribution in [0.1, 0.15) is 37.3 Å². The fraction of sp³-hybridized carbons (Fsp3) is 0.538. The molecule has 0 bridgehead atoms. The third kappa shape index (κ3) is 1.62. The molecule has 5 heteroatoms. The van der Waals surface area contributed by atoms with Crippen LogP contribution in [0, 0.1) is 6.92 Å². The van der Waals surface area contributed by atoms with Crippen molar-refractivity contribution in [3.05, 3.63) is 17.7 Å². The molecule has 5 nitrogen and oxygen atoms in total. The molecule has 0 atom stereocenters. The lowest BCUT2D eigenvalue weighted by Gasteiger charge is -2.06. The summed E-state index contributed by atoms with van der Waals surface area (Å²) in [7, 11) is 1.92. The Balaban J connectivity index is 2.15. The third-order valence-electron chi connectivity index (χ3n) is 3.52. The van der Waals surface area contributed by atoms with Gasteiger partial charge in [0.25, 0.3) is 0 Å². The van der Waals surface area contributed by atoms with E-state index in [4.69, 9.17) is 10.7 Å². The van der Waals surface area contributed by atoms with Crippen molar-refractivity contribution in [3.63, 3.8) is 0 Å². The van der Waals surface area contributed by atoms with E-state index in [9.17, 15) is 0 Å². The van der Waals surface area contributed by atoms with Crippen LogP contribution in [0.15, 0.2) is 6.20 Å². The van der Waals surface area contributed by atoms with Crippen LogP contribution in [0.4, 0.5) is 5.82 Å². The van der Waals surface area contributed by atoms with E-state index in [0.717, 1.165) is 35.0 Å². The number of aromatic nitrogens is 4. The molecule has 2 N–H and O–H groups in total. The molecule has 0 aromatic carbocycles. The molecule has 0 unspecified atom stereocenters. The maximum absolute atomic E-state index is 6.29. The minimum atomic E-state index is 0.568. The first-order chi connectivity index (χ1) is 8.61. The van der Waals surface area contributed by atoms with Gasteiger partial charge in [0.2, 0.25) is 0 Å². The Hall–Kier alpha value is -1.78. The van der Waals surface area contributed by atoms with Gasteiger partial charge in [0, 0.05) is 31.3 Å². The number of nitrogens with zero attached hydrogens (tertiary/aromatic N) is 4. The molecule has 1 aliphatic carbocycles. The van der Waals surface area contributed by atoms with Gasteiger partial charge in [-0.1, -0.05) is 6.92 Å². The van der Waals surface area contributed by atoms with Crippen LogP contribution in [0.2, 0.25) is 0 Å². The molecular formula is C13H19N5. The summed E-state index contributed by atoms with van der Waals surface area (Å²) >= 11 is 0. The molecule has 1 saturated carbocycles. The minimum Gasteiger partial charge on any atom is -0.383 e. The summed E-state index contributed by atoms with van der Waals surface area (Å²) in [6.45, 7) is 4.12. The monoisotopic (exact) mass is 245 g/mol. The van der Waals surface area contributed by atoms with E-state index in [1.54, 1.807) is 0 Å². The number of anilines is 1. The number of hydrogen-bond donors (Lipinski definition) is 1. The van der Waals surface area contributed by atoms with Crippen molar-refractivity contribution < 1.29 is 0 Å². The summed E-state index contributed by atoms with van der Waals surface area (Å²) in [4.78, 5) is 4.72. The number of rotatable bonds is 3. The largest absolute Gasteiger partial charge is 0.383 e. The second-order valence-corrected chi connectivity index (χ2v) is 5.02. The van der Waals surface area contributed by atoms with Crippen LogP contribution < -0.4 is 5.73 Å². The summed E-state index contributed by atoms with van der Waals surface area (Å²) in [6.07, 6.45) is 5.35. The molecule has 0 aliphatic heterocycles. The lowest BCUT2D eigenvalue weighted by molar-refractivity contribution is 0.696. The number of aryl methyl sites for hydroxylation is 3. The van der Waals surface area contributed by atoms with Gasteiger partial charge in [-0.3, -0.25) is 4.68 Å². The van der Waals surface area contributed by atoms with E-state index in [0.29, 0.717) is 6.04 Å². The molecule has 0 spiro atoms. The summed E-state index contributed by atoms with van der Waals surface area (Å²) in [5.41, 5.74) is 9.21. The molecule has 1 aliphatic rings. The van der Waals surface area contributed by atoms with E-state index >= 15 is 0 Å². The highest BCUT2D eigenvalue weighted by Gasteiger charge is 2.30. The fourth-order valence-electron chi connectivity index (χ4n) is 2.51. The van der Waals surface area contributed by atoms with Gasteiger partial charge in [0.1, 0.15) is 17.3 Å². The van der Waals surface area contributed by atoms with Gasteiger partial charge < -0.3 is 10.3 Å². The first kappa shape index (κ1) is 11.3. The zero-order valence-electron chi connectivity index (χ0n) is 11.1. The van der Waals surface area contributed by atoms with Crippen molar-refractivity contribution in [2.24, 2.45) is 7.05 Å². The summed E-state index contributed by atoms with van der Waals surface area (Å²) < 4.78 is 4.02. The Kier molecular flexibility index (Phi) is 2.43. The van der Waals surface area contributed by atoms with E-state index in [2.05, 4.69) is 16.6 Å². The van der Waals surface area contributed by atoms with Gasteiger partial charge in [0.15, 0.2) is 0 Å². The highest BCUT2D eigenvalue weighted by atomic mass is 15.3. The summed E-state index contributed by atoms with van der Waals surface area (Å²) in [5.74, 6) is 1.89. The van der Waals surface area contributed by atoms with Gasteiger partial charge in [-0.25, -0.2) is 4.98 Å². The maximum Gasteiger partial charge on any atom is 0.132 e. The Morgan fingerprint density at radius 3 is 2.67 bits per heavy atom. The van der Waals surface area contributed by atoms with E-state index in [-0.39, 0.29) is 0 Å². The standard InChI is InChI=1S/C13H19N5/c1-4-11-15-12(10-7-17(3)16-8(10)2)13(14)18(11)9-5-6-9/h7,9H,4-6,14H2,1-3H3. The molecule has 2 heterocycles.